The maximum atomic E-state index is 9.82. The molecule has 2 nitrogen and oxygen atoms in total. The SMILES string of the molecule is O=COCc1ccccc1Cl. The monoisotopic (exact) mass is 170 g/mol. The number of halogens is 1. The third kappa shape index (κ3) is 2.24. The number of hydrogen-bond acceptors (Lipinski definition) is 2. The molecule has 0 aromatic heterocycles. The molecule has 0 aliphatic rings. The average Bonchev–Trinajstić information content (AvgIpc) is 2.03. The minimum absolute atomic E-state index is 0.239. The molecule has 0 saturated carbocycles. The zero-order valence-electron chi connectivity index (χ0n) is 5.79. The fourth-order valence-corrected chi connectivity index (χ4v) is 0.930. The summed E-state index contributed by atoms with van der Waals surface area (Å²) in [6, 6.07) is 7.24. The van der Waals surface area contributed by atoms with Gasteiger partial charge in [0.15, 0.2) is 0 Å². The highest BCUT2D eigenvalue weighted by atomic mass is 35.5. The van der Waals surface area contributed by atoms with E-state index >= 15 is 0 Å². The molecule has 0 amide bonds. The minimum Gasteiger partial charge on any atom is -0.463 e. The Kier molecular flexibility index (Phi) is 2.93. The molecular formula is C8H7ClO2. The molecular weight excluding hydrogens is 164 g/mol. The van der Waals surface area contributed by atoms with Crippen LogP contribution in [0.2, 0.25) is 5.02 Å². The summed E-state index contributed by atoms with van der Waals surface area (Å²) in [5.41, 5.74) is 0.821. The summed E-state index contributed by atoms with van der Waals surface area (Å²) in [7, 11) is 0. The Labute approximate surface area is 69.7 Å². The quantitative estimate of drug-likeness (QED) is 0.649. The predicted molar refractivity (Wildman–Crippen MR) is 42.3 cm³/mol. The zero-order valence-corrected chi connectivity index (χ0v) is 6.54. The van der Waals surface area contributed by atoms with Gasteiger partial charge in [-0.15, -0.1) is 0 Å². The molecule has 58 valence electrons. The number of benzene rings is 1. The number of ether oxygens (including phenoxy) is 1. The summed E-state index contributed by atoms with van der Waals surface area (Å²) in [6.07, 6.45) is 0. The van der Waals surface area contributed by atoms with Crippen LogP contribution in [0.15, 0.2) is 24.3 Å². The van der Waals surface area contributed by atoms with Crippen LogP contribution >= 0.6 is 11.6 Å². The van der Waals surface area contributed by atoms with Gasteiger partial charge in [-0.05, 0) is 6.07 Å². The van der Waals surface area contributed by atoms with Crippen molar-refractivity contribution >= 4 is 18.1 Å². The first-order valence-corrected chi connectivity index (χ1v) is 3.51. The number of carbonyl (C=O) groups excluding carboxylic acids is 1. The molecule has 0 aliphatic heterocycles. The topological polar surface area (TPSA) is 26.3 Å². The van der Waals surface area contributed by atoms with E-state index in [2.05, 4.69) is 4.74 Å². The number of carbonyl (C=O) groups is 1. The van der Waals surface area contributed by atoms with Crippen molar-refractivity contribution in [1.82, 2.24) is 0 Å². The zero-order chi connectivity index (χ0) is 8.10. The smallest absolute Gasteiger partial charge is 0.293 e. The van der Waals surface area contributed by atoms with Gasteiger partial charge in [0.1, 0.15) is 6.61 Å². The maximum Gasteiger partial charge on any atom is 0.293 e. The van der Waals surface area contributed by atoms with Gasteiger partial charge in [0, 0.05) is 10.6 Å². The van der Waals surface area contributed by atoms with Gasteiger partial charge in [0.2, 0.25) is 0 Å². The standard InChI is InChI=1S/C8H7ClO2/c9-8-4-2-1-3-7(8)5-11-6-10/h1-4,6H,5H2. The van der Waals surface area contributed by atoms with Crippen molar-refractivity contribution in [3.8, 4) is 0 Å². The van der Waals surface area contributed by atoms with Crippen LogP contribution in [0.5, 0.6) is 0 Å². The summed E-state index contributed by atoms with van der Waals surface area (Å²) >= 11 is 5.76. The van der Waals surface area contributed by atoms with Crippen molar-refractivity contribution < 1.29 is 9.53 Å². The minimum atomic E-state index is 0.239. The molecule has 1 aromatic rings. The van der Waals surface area contributed by atoms with Crippen LogP contribution in [-0.4, -0.2) is 6.47 Å². The van der Waals surface area contributed by atoms with Crippen molar-refractivity contribution in [1.29, 1.82) is 0 Å². The molecule has 0 aliphatic carbocycles. The molecule has 0 bridgehead atoms. The lowest BCUT2D eigenvalue weighted by Gasteiger charge is -2.00. The molecule has 3 heteroatoms. The van der Waals surface area contributed by atoms with E-state index in [0.29, 0.717) is 11.5 Å². The van der Waals surface area contributed by atoms with Crippen molar-refractivity contribution in [2.45, 2.75) is 6.61 Å². The van der Waals surface area contributed by atoms with Crippen LogP contribution in [0.25, 0.3) is 0 Å². The highest BCUT2D eigenvalue weighted by Gasteiger charge is 1.96. The fraction of sp³-hybridized carbons (Fsp3) is 0.125. The average molecular weight is 171 g/mol. The lowest BCUT2D eigenvalue weighted by atomic mass is 10.2. The summed E-state index contributed by atoms with van der Waals surface area (Å²) in [5.74, 6) is 0. The van der Waals surface area contributed by atoms with Gasteiger partial charge in [-0.25, -0.2) is 0 Å². The van der Waals surface area contributed by atoms with E-state index in [4.69, 9.17) is 11.6 Å². The van der Waals surface area contributed by atoms with E-state index < -0.39 is 0 Å². The second-order valence-corrected chi connectivity index (χ2v) is 2.41. The van der Waals surface area contributed by atoms with E-state index in [9.17, 15) is 4.79 Å². The Morgan fingerprint density at radius 1 is 1.45 bits per heavy atom. The Hall–Kier alpha value is -1.02. The molecule has 0 radical (unpaired) electrons. The maximum absolute atomic E-state index is 9.82. The molecule has 1 rings (SSSR count). The summed E-state index contributed by atoms with van der Waals surface area (Å²) in [5, 5.41) is 0.620. The van der Waals surface area contributed by atoms with Gasteiger partial charge in [0.05, 0.1) is 0 Å². The number of hydrogen-bond donors (Lipinski definition) is 0. The second-order valence-electron chi connectivity index (χ2n) is 2.00. The predicted octanol–water partition coefficient (Wildman–Crippen LogP) is 2.01. The first-order valence-electron chi connectivity index (χ1n) is 3.13. The van der Waals surface area contributed by atoms with Crippen molar-refractivity contribution in [3.63, 3.8) is 0 Å². The van der Waals surface area contributed by atoms with Crippen LogP contribution in [0, 0.1) is 0 Å². The summed E-state index contributed by atoms with van der Waals surface area (Å²) in [6.45, 7) is 0.645. The van der Waals surface area contributed by atoms with Gasteiger partial charge in [-0.1, -0.05) is 29.8 Å². The molecule has 0 spiro atoms. The molecule has 0 atom stereocenters. The van der Waals surface area contributed by atoms with Crippen molar-refractivity contribution in [2.75, 3.05) is 0 Å². The van der Waals surface area contributed by atoms with Gasteiger partial charge in [-0.2, -0.15) is 0 Å². The lowest BCUT2D eigenvalue weighted by Crippen LogP contribution is -1.90. The molecule has 11 heavy (non-hydrogen) atoms. The molecule has 0 N–H and O–H groups in total. The van der Waals surface area contributed by atoms with Crippen LogP contribution < -0.4 is 0 Å². The Morgan fingerprint density at radius 2 is 2.18 bits per heavy atom. The summed E-state index contributed by atoms with van der Waals surface area (Å²) in [4.78, 5) is 9.82. The first kappa shape index (κ1) is 8.08. The van der Waals surface area contributed by atoms with Crippen LogP contribution in [-0.2, 0) is 16.1 Å². The molecule has 0 fully saturated rings. The van der Waals surface area contributed by atoms with Gasteiger partial charge in [0.25, 0.3) is 6.47 Å². The van der Waals surface area contributed by atoms with Crippen molar-refractivity contribution in [2.24, 2.45) is 0 Å². The Morgan fingerprint density at radius 3 is 2.82 bits per heavy atom. The summed E-state index contributed by atoms with van der Waals surface area (Å²) < 4.78 is 4.54. The van der Waals surface area contributed by atoms with E-state index in [0.717, 1.165) is 5.56 Å². The Balaban J connectivity index is 2.69. The van der Waals surface area contributed by atoms with E-state index in [-0.39, 0.29) is 6.61 Å². The van der Waals surface area contributed by atoms with Gasteiger partial charge < -0.3 is 4.74 Å². The third-order valence-corrected chi connectivity index (χ3v) is 1.63. The molecule has 0 saturated heterocycles. The second kappa shape index (κ2) is 3.98. The normalized spacial score (nSPS) is 9.18. The largest absolute Gasteiger partial charge is 0.463 e. The Bertz CT molecular complexity index is 248. The molecule has 0 unspecified atom stereocenters. The van der Waals surface area contributed by atoms with Crippen LogP contribution in [0.4, 0.5) is 0 Å². The van der Waals surface area contributed by atoms with Crippen LogP contribution in [0.1, 0.15) is 5.56 Å². The van der Waals surface area contributed by atoms with E-state index in [1.54, 1.807) is 6.07 Å². The molecule has 0 heterocycles. The number of rotatable bonds is 3. The molecule has 1 aromatic carbocycles. The first-order chi connectivity index (χ1) is 5.34. The van der Waals surface area contributed by atoms with Crippen molar-refractivity contribution in [3.05, 3.63) is 34.9 Å². The highest BCUT2D eigenvalue weighted by molar-refractivity contribution is 6.31. The highest BCUT2D eigenvalue weighted by Crippen LogP contribution is 2.14. The van der Waals surface area contributed by atoms with E-state index in [1.807, 2.05) is 18.2 Å². The fourth-order valence-electron chi connectivity index (χ4n) is 0.739. The van der Waals surface area contributed by atoms with Crippen LogP contribution in [0.3, 0.4) is 0 Å². The third-order valence-electron chi connectivity index (χ3n) is 1.26. The van der Waals surface area contributed by atoms with E-state index in [1.165, 1.54) is 0 Å². The lowest BCUT2D eigenvalue weighted by molar-refractivity contribution is -0.129. The van der Waals surface area contributed by atoms with Gasteiger partial charge >= 0.3 is 0 Å². The van der Waals surface area contributed by atoms with Gasteiger partial charge in [-0.3, -0.25) is 4.79 Å².